The van der Waals surface area contributed by atoms with E-state index in [2.05, 4.69) is 0 Å². The Morgan fingerprint density at radius 2 is 1.73 bits per heavy atom. The first-order valence-corrected chi connectivity index (χ1v) is 9.75. The number of piperidine rings is 1. The molecule has 5 nitrogen and oxygen atoms in total. The molecule has 2 aliphatic rings. The molecule has 2 fully saturated rings. The smallest absolute Gasteiger partial charge is 0.306 e. The first kappa shape index (κ1) is 18.9. The zero-order chi connectivity index (χ0) is 18.7. The Kier molecular flexibility index (Phi) is 5.66. The molecule has 1 aliphatic carbocycles. The van der Waals surface area contributed by atoms with Crippen molar-refractivity contribution in [2.45, 2.75) is 52.0 Å². The fourth-order valence-corrected chi connectivity index (χ4v) is 4.60. The van der Waals surface area contributed by atoms with E-state index in [1.165, 1.54) is 0 Å². The van der Waals surface area contributed by atoms with Crippen LogP contribution in [0.3, 0.4) is 0 Å². The van der Waals surface area contributed by atoms with E-state index in [1.54, 1.807) is 0 Å². The standard InChI is InChI=1S/C21H30N2O3/c1-15(20(25)26)17-6-8-21(9-7-17)10-12-23(13-11-21)19(24)18-4-2-16(14-22)3-5-18/h2-5,15,17H,6-14,22H2,1H3,(H,25,26). The summed E-state index contributed by atoms with van der Waals surface area (Å²) in [5, 5.41) is 9.22. The van der Waals surface area contributed by atoms with Crippen LogP contribution in [0.1, 0.15) is 61.4 Å². The van der Waals surface area contributed by atoms with Crippen LogP contribution in [-0.4, -0.2) is 35.0 Å². The summed E-state index contributed by atoms with van der Waals surface area (Å²) in [4.78, 5) is 25.9. The van der Waals surface area contributed by atoms with Gasteiger partial charge in [0.15, 0.2) is 0 Å². The summed E-state index contributed by atoms with van der Waals surface area (Å²) in [6.07, 6.45) is 6.27. The maximum atomic E-state index is 12.7. The van der Waals surface area contributed by atoms with Gasteiger partial charge in [-0.2, -0.15) is 0 Å². The second-order valence-electron chi connectivity index (χ2n) is 8.16. The van der Waals surface area contributed by atoms with E-state index in [0.29, 0.717) is 17.9 Å². The Balaban J connectivity index is 1.54. The van der Waals surface area contributed by atoms with Gasteiger partial charge in [-0.1, -0.05) is 19.1 Å². The lowest BCUT2D eigenvalue weighted by Crippen LogP contribution is -2.45. The van der Waals surface area contributed by atoms with Gasteiger partial charge in [0.25, 0.3) is 5.91 Å². The van der Waals surface area contributed by atoms with Crippen molar-refractivity contribution in [1.29, 1.82) is 0 Å². The number of amides is 1. The SMILES string of the molecule is CC(C(=O)O)C1CCC2(CC1)CCN(C(=O)c1ccc(CN)cc1)CC2. The van der Waals surface area contributed by atoms with Crippen LogP contribution in [0.15, 0.2) is 24.3 Å². The normalized spacial score (nSPS) is 21.5. The molecule has 3 N–H and O–H groups in total. The van der Waals surface area contributed by atoms with Gasteiger partial charge in [-0.3, -0.25) is 9.59 Å². The molecular formula is C21H30N2O3. The number of aliphatic carboxylic acids is 1. The highest BCUT2D eigenvalue weighted by Crippen LogP contribution is 2.47. The lowest BCUT2D eigenvalue weighted by Gasteiger charge is -2.46. The molecule has 1 atom stereocenters. The second kappa shape index (κ2) is 7.78. The van der Waals surface area contributed by atoms with Crippen LogP contribution in [-0.2, 0) is 11.3 Å². The fraction of sp³-hybridized carbons (Fsp3) is 0.619. The van der Waals surface area contributed by atoms with Crippen LogP contribution in [0.2, 0.25) is 0 Å². The third kappa shape index (κ3) is 3.93. The van der Waals surface area contributed by atoms with Gasteiger partial charge in [-0.05, 0) is 67.6 Å². The molecule has 1 aromatic rings. The van der Waals surface area contributed by atoms with Crippen LogP contribution >= 0.6 is 0 Å². The first-order valence-electron chi connectivity index (χ1n) is 9.75. The Bertz CT molecular complexity index is 638. The zero-order valence-electron chi connectivity index (χ0n) is 15.6. The molecule has 1 heterocycles. The molecule has 0 radical (unpaired) electrons. The predicted molar refractivity (Wildman–Crippen MR) is 101 cm³/mol. The monoisotopic (exact) mass is 358 g/mol. The van der Waals surface area contributed by atoms with Gasteiger partial charge >= 0.3 is 5.97 Å². The van der Waals surface area contributed by atoms with Crippen molar-refractivity contribution >= 4 is 11.9 Å². The number of nitrogens with two attached hydrogens (primary N) is 1. The molecular weight excluding hydrogens is 328 g/mol. The van der Waals surface area contributed by atoms with Crippen molar-refractivity contribution in [1.82, 2.24) is 4.90 Å². The van der Waals surface area contributed by atoms with E-state index in [0.717, 1.165) is 62.7 Å². The van der Waals surface area contributed by atoms with E-state index < -0.39 is 5.97 Å². The minimum atomic E-state index is -0.674. The molecule has 1 spiro atoms. The van der Waals surface area contributed by atoms with E-state index in [-0.39, 0.29) is 11.8 Å². The summed E-state index contributed by atoms with van der Waals surface area (Å²) < 4.78 is 0. The van der Waals surface area contributed by atoms with Crippen LogP contribution in [0, 0.1) is 17.3 Å². The number of carboxylic acid groups (broad SMARTS) is 1. The lowest BCUT2D eigenvalue weighted by molar-refractivity contribution is -0.143. The molecule has 1 aromatic carbocycles. The molecule has 0 aromatic heterocycles. The minimum Gasteiger partial charge on any atom is -0.481 e. The van der Waals surface area contributed by atoms with Crippen LogP contribution in [0.25, 0.3) is 0 Å². The third-order valence-electron chi connectivity index (χ3n) is 6.74. The molecule has 3 rings (SSSR count). The summed E-state index contributed by atoms with van der Waals surface area (Å²) in [7, 11) is 0. The van der Waals surface area contributed by atoms with E-state index >= 15 is 0 Å². The number of hydrogen-bond acceptors (Lipinski definition) is 3. The highest BCUT2D eigenvalue weighted by Gasteiger charge is 2.40. The zero-order valence-corrected chi connectivity index (χ0v) is 15.6. The van der Waals surface area contributed by atoms with Crippen LogP contribution < -0.4 is 5.73 Å². The number of benzene rings is 1. The van der Waals surface area contributed by atoms with E-state index in [4.69, 9.17) is 5.73 Å². The summed E-state index contributed by atoms with van der Waals surface area (Å²) in [5.74, 6) is -0.506. The van der Waals surface area contributed by atoms with Gasteiger partial charge in [0.05, 0.1) is 5.92 Å². The average molecular weight is 358 g/mol. The maximum Gasteiger partial charge on any atom is 0.306 e. The minimum absolute atomic E-state index is 0.108. The van der Waals surface area contributed by atoms with Crippen molar-refractivity contribution in [2.75, 3.05) is 13.1 Å². The summed E-state index contributed by atoms with van der Waals surface area (Å²) in [6, 6.07) is 7.58. The topological polar surface area (TPSA) is 83.6 Å². The highest BCUT2D eigenvalue weighted by atomic mass is 16.4. The van der Waals surface area contributed by atoms with Gasteiger partial charge in [0.1, 0.15) is 0 Å². The number of hydrogen-bond donors (Lipinski definition) is 2. The molecule has 1 saturated carbocycles. The Morgan fingerprint density at radius 3 is 2.23 bits per heavy atom. The maximum absolute atomic E-state index is 12.7. The Hall–Kier alpha value is -1.88. The lowest BCUT2D eigenvalue weighted by atomic mass is 9.63. The fourth-order valence-electron chi connectivity index (χ4n) is 4.60. The van der Waals surface area contributed by atoms with Crippen molar-refractivity contribution in [3.05, 3.63) is 35.4 Å². The van der Waals surface area contributed by atoms with Gasteiger partial charge in [-0.15, -0.1) is 0 Å². The molecule has 5 heteroatoms. The highest BCUT2D eigenvalue weighted by molar-refractivity contribution is 5.94. The van der Waals surface area contributed by atoms with E-state index in [9.17, 15) is 14.7 Å². The van der Waals surface area contributed by atoms with Crippen LogP contribution in [0.4, 0.5) is 0 Å². The number of likely N-dealkylation sites (tertiary alicyclic amines) is 1. The Labute approximate surface area is 155 Å². The van der Waals surface area contributed by atoms with Crippen molar-refractivity contribution in [3.8, 4) is 0 Å². The summed E-state index contributed by atoms with van der Waals surface area (Å²) in [5.41, 5.74) is 7.70. The summed E-state index contributed by atoms with van der Waals surface area (Å²) in [6.45, 7) is 3.93. The number of carboxylic acids is 1. The van der Waals surface area contributed by atoms with E-state index in [1.807, 2.05) is 36.1 Å². The van der Waals surface area contributed by atoms with Gasteiger partial charge in [-0.25, -0.2) is 0 Å². The molecule has 0 bridgehead atoms. The third-order valence-corrected chi connectivity index (χ3v) is 6.74. The van der Waals surface area contributed by atoms with Crippen molar-refractivity contribution in [2.24, 2.45) is 23.0 Å². The average Bonchev–Trinajstić information content (AvgIpc) is 2.68. The van der Waals surface area contributed by atoms with Crippen molar-refractivity contribution in [3.63, 3.8) is 0 Å². The number of nitrogens with zero attached hydrogens (tertiary/aromatic N) is 1. The largest absolute Gasteiger partial charge is 0.481 e. The van der Waals surface area contributed by atoms with Gasteiger partial charge < -0.3 is 15.7 Å². The van der Waals surface area contributed by atoms with Gasteiger partial charge in [0, 0.05) is 25.2 Å². The first-order chi connectivity index (χ1) is 12.4. The Morgan fingerprint density at radius 1 is 1.15 bits per heavy atom. The molecule has 26 heavy (non-hydrogen) atoms. The molecule has 1 unspecified atom stereocenters. The predicted octanol–water partition coefficient (Wildman–Crippen LogP) is 3.28. The van der Waals surface area contributed by atoms with Crippen molar-refractivity contribution < 1.29 is 14.7 Å². The molecule has 1 aliphatic heterocycles. The summed E-state index contributed by atoms with van der Waals surface area (Å²) >= 11 is 0. The van der Waals surface area contributed by atoms with Crippen LogP contribution in [0.5, 0.6) is 0 Å². The molecule has 1 amide bonds. The van der Waals surface area contributed by atoms with Gasteiger partial charge in [0.2, 0.25) is 0 Å². The molecule has 142 valence electrons. The second-order valence-corrected chi connectivity index (χ2v) is 8.16. The number of carbonyl (C=O) groups is 2. The quantitative estimate of drug-likeness (QED) is 0.865. The number of rotatable bonds is 4. The number of carbonyl (C=O) groups excluding carboxylic acids is 1. The molecule has 1 saturated heterocycles.